The molecule has 1 amide bonds. The second-order valence-corrected chi connectivity index (χ2v) is 5.32. The molecule has 2 aromatic carbocycles. The summed E-state index contributed by atoms with van der Waals surface area (Å²) in [6, 6.07) is 14.1. The summed E-state index contributed by atoms with van der Waals surface area (Å²) in [7, 11) is 1.81. The fraction of sp³-hybridized carbons (Fsp3) is 0.353. The molecule has 1 aliphatic rings. The molecule has 0 aliphatic carbocycles. The van der Waals surface area contributed by atoms with Crippen molar-refractivity contribution in [2.75, 3.05) is 26.9 Å². The van der Waals surface area contributed by atoms with Gasteiger partial charge in [-0.15, -0.1) is 0 Å². The Kier molecular flexibility index (Phi) is 4.06. The van der Waals surface area contributed by atoms with Crippen LogP contribution in [-0.2, 0) is 9.53 Å². The Morgan fingerprint density at radius 1 is 1.29 bits per heavy atom. The van der Waals surface area contributed by atoms with Gasteiger partial charge < -0.3 is 14.4 Å². The standard InChI is InChI=1S/C17H19NO3/c1-18(15-8-9-20-11-15)17(19)12-21-16-7-6-13-4-2-3-5-14(13)10-16/h2-7,10,15H,8-9,11-12H2,1H3/t15-/m0/s1. The van der Waals surface area contributed by atoms with Gasteiger partial charge in [0.15, 0.2) is 6.61 Å². The Balaban J connectivity index is 1.61. The predicted octanol–water partition coefficient (Wildman–Crippen LogP) is 2.47. The van der Waals surface area contributed by atoms with Crippen LogP contribution in [0, 0.1) is 0 Å². The third-order valence-electron chi connectivity index (χ3n) is 3.93. The molecule has 0 bridgehead atoms. The molecular weight excluding hydrogens is 266 g/mol. The molecule has 0 N–H and O–H groups in total. The van der Waals surface area contributed by atoms with Gasteiger partial charge in [-0.05, 0) is 29.3 Å². The summed E-state index contributed by atoms with van der Waals surface area (Å²) >= 11 is 0. The molecule has 1 atom stereocenters. The molecule has 0 spiro atoms. The molecule has 0 radical (unpaired) electrons. The van der Waals surface area contributed by atoms with Crippen LogP contribution < -0.4 is 4.74 Å². The van der Waals surface area contributed by atoms with E-state index >= 15 is 0 Å². The lowest BCUT2D eigenvalue weighted by Crippen LogP contribution is -2.40. The highest BCUT2D eigenvalue weighted by Crippen LogP contribution is 2.20. The minimum Gasteiger partial charge on any atom is -0.484 e. The number of carbonyl (C=O) groups is 1. The summed E-state index contributed by atoms with van der Waals surface area (Å²) in [4.78, 5) is 13.8. The van der Waals surface area contributed by atoms with Gasteiger partial charge in [-0.3, -0.25) is 4.79 Å². The Morgan fingerprint density at radius 2 is 2.10 bits per heavy atom. The van der Waals surface area contributed by atoms with Crippen LogP contribution in [0.4, 0.5) is 0 Å². The summed E-state index contributed by atoms with van der Waals surface area (Å²) in [5.41, 5.74) is 0. The van der Waals surface area contributed by atoms with E-state index in [0.717, 1.165) is 29.5 Å². The molecule has 1 aliphatic heterocycles. The highest BCUT2D eigenvalue weighted by atomic mass is 16.5. The average molecular weight is 285 g/mol. The maximum atomic E-state index is 12.1. The van der Waals surface area contributed by atoms with Crippen LogP contribution >= 0.6 is 0 Å². The molecule has 1 saturated heterocycles. The van der Waals surface area contributed by atoms with E-state index in [-0.39, 0.29) is 18.6 Å². The molecule has 1 heterocycles. The summed E-state index contributed by atoms with van der Waals surface area (Å²) in [5, 5.41) is 2.27. The molecule has 4 heteroatoms. The molecule has 21 heavy (non-hydrogen) atoms. The van der Waals surface area contributed by atoms with Crippen LogP contribution in [-0.4, -0.2) is 43.7 Å². The van der Waals surface area contributed by atoms with Gasteiger partial charge in [0.25, 0.3) is 5.91 Å². The zero-order valence-corrected chi connectivity index (χ0v) is 12.1. The monoisotopic (exact) mass is 285 g/mol. The van der Waals surface area contributed by atoms with Crippen LogP contribution in [0.3, 0.4) is 0 Å². The zero-order chi connectivity index (χ0) is 14.7. The summed E-state index contributed by atoms with van der Waals surface area (Å²) in [6.07, 6.45) is 0.901. The van der Waals surface area contributed by atoms with Crippen molar-refractivity contribution in [1.29, 1.82) is 0 Å². The number of amides is 1. The largest absolute Gasteiger partial charge is 0.484 e. The summed E-state index contributed by atoms with van der Waals surface area (Å²) in [6.45, 7) is 1.41. The highest BCUT2D eigenvalue weighted by Gasteiger charge is 2.24. The first kappa shape index (κ1) is 13.9. The fourth-order valence-corrected chi connectivity index (χ4v) is 2.54. The van der Waals surface area contributed by atoms with Crippen molar-refractivity contribution in [2.24, 2.45) is 0 Å². The number of likely N-dealkylation sites (N-methyl/N-ethyl adjacent to an activating group) is 1. The summed E-state index contributed by atoms with van der Waals surface area (Å²) in [5.74, 6) is 0.705. The van der Waals surface area contributed by atoms with Crippen molar-refractivity contribution in [3.63, 3.8) is 0 Å². The maximum Gasteiger partial charge on any atom is 0.260 e. The molecule has 3 rings (SSSR count). The van der Waals surface area contributed by atoms with Gasteiger partial charge in [-0.2, -0.15) is 0 Å². The minimum atomic E-state index is -0.0151. The normalized spacial score (nSPS) is 17.9. The Labute approximate surface area is 124 Å². The molecule has 1 fully saturated rings. The Bertz CT molecular complexity index is 635. The lowest BCUT2D eigenvalue weighted by atomic mass is 10.1. The number of benzene rings is 2. The number of hydrogen-bond acceptors (Lipinski definition) is 3. The number of nitrogens with zero attached hydrogens (tertiary/aromatic N) is 1. The van der Waals surface area contributed by atoms with Crippen molar-refractivity contribution in [3.8, 4) is 5.75 Å². The number of carbonyl (C=O) groups excluding carboxylic acids is 1. The SMILES string of the molecule is CN(C(=O)COc1ccc2ccccc2c1)[C@H]1CCOC1. The maximum absolute atomic E-state index is 12.1. The van der Waals surface area contributed by atoms with Crippen LogP contribution in [0.25, 0.3) is 10.8 Å². The van der Waals surface area contributed by atoms with Crippen LogP contribution in [0.1, 0.15) is 6.42 Å². The van der Waals surface area contributed by atoms with Gasteiger partial charge in [0.05, 0.1) is 12.6 Å². The van der Waals surface area contributed by atoms with Crippen molar-refractivity contribution in [3.05, 3.63) is 42.5 Å². The van der Waals surface area contributed by atoms with Gasteiger partial charge in [0, 0.05) is 13.7 Å². The Hall–Kier alpha value is -2.07. The molecule has 0 unspecified atom stereocenters. The van der Waals surface area contributed by atoms with Crippen molar-refractivity contribution < 1.29 is 14.3 Å². The molecule has 0 saturated carbocycles. The van der Waals surface area contributed by atoms with E-state index in [4.69, 9.17) is 9.47 Å². The van der Waals surface area contributed by atoms with Gasteiger partial charge in [0.2, 0.25) is 0 Å². The van der Waals surface area contributed by atoms with Crippen molar-refractivity contribution >= 4 is 16.7 Å². The molecule has 2 aromatic rings. The van der Waals surface area contributed by atoms with E-state index in [2.05, 4.69) is 6.07 Å². The van der Waals surface area contributed by atoms with Crippen molar-refractivity contribution in [2.45, 2.75) is 12.5 Å². The molecule has 110 valence electrons. The third kappa shape index (κ3) is 3.16. The van der Waals surface area contributed by atoms with E-state index in [0.29, 0.717) is 6.61 Å². The Morgan fingerprint density at radius 3 is 2.86 bits per heavy atom. The van der Waals surface area contributed by atoms with Crippen LogP contribution in [0.15, 0.2) is 42.5 Å². The van der Waals surface area contributed by atoms with E-state index in [1.807, 2.05) is 43.4 Å². The zero-order valence-electron chi connectivity index (χ0n) is 12.1. The predicted molar refractivity (Wildman–Crippen MR) is 81.4 cm³/mol. The van der Waals surface area contributed by atoms with Crippen molar-refractivity contribution in [1.82, 2.24) is 4.90 Å². The average Bonchev–Trinajstić information content (AvgIpc) is 3.06. The van der Waals surface area contributed by atoms with Gasteiger partial charge in [-0.25, -0.2) is 0 Å². The molecule has 0 aromatic heterocycles. The quantitative estimate of drug-likeness (QED) is 0.866. The van der Waals surface area contributed by atoms with E-state index in [1.165, 1.54) is 0 Å². The van der Waals surface area contributed by atoms with E-state index < -0.39 is 0 Å². The van der Waals surface area contributed by atoms with E-state index in [9.17, 15) is 4.79 Å². The lowest BCUT2D eigenvalue weighted by Gasteiger charge is -2.23. The third-order valence-corrected chi connectivity index (χ3v) is 3.93. The lowest BCUT2D eigenvalue weighted by molar-refractivity contribution is -0.134. The topological polar surface area (TPSA) is 38.8 Å². The number of hydrogen-bond donors (Lipinski definition) is 0. The fourth-order valence-electron chi connectivity index (χ4n) is 2.54. The van der Waals surface area contributed by atoms with Crippen LogP contribution in [0.2, 0.25) is 0 Å². The number of fused-ring (bicyclic) bond motifs is 1. The first-order valence-corrected chi connectivity index (χ1v) is 7.19. The number of ether oxygens (including phenoxy) is 2. The second-order valence-electron chi connectivity index (χ2n) is 5.32. The first-order valence-electron chi connectivity index (χ1n) is 7.19. The minimum absolute atomic E-state index is 0.0151. The van der Waals surface area contributed by atoms with Gasteiger partial charge >= 0.3 is 0 Å². The van der Waals surface area contributed by atoms with Gasteiger partial charge in [-0.1, -0.05) is 30.3 Å². The van der Waals surface area contributed by atoms with Crippen LogP contribution in [0.5, 0.6) is 5.75 Å². The number of rotatable bonds is 4. The smallest absolute Gasteiger partial charge is 0.260 e. The second kappa shape index (κ2) is 6.14. The van der Waals surface area contributed by atoms with Gasteiger partial charge in [0.1, 0.15) is 5.75 Å². The highest BCUT2D eigenvalue weighted by molar-refractivity contribution is 5.84. The van der Waals surface area contributed by atoms with E-state index in [1.54, 1.807) is 4.90 Å². The first-order chi connectivity index (χ1) is 10.2. The summed E-state index contributed by atoms with van der Waals surface area (Å²) < 4.78 is 10.9. The molecule has 4 nitrogen and oxygen atoms in total. The molecular formula is C17H19NO3.